The Bertz CT molecular complexity index is 3420. The number of fused-ring (bicyclic) bond motifs is 6. The molecule has 0 saturated heterocycles. The third-order valence-electron chi connectivity index (χ3n) is 11.2. The van der Waals surface area contributed by atoms with Gasteiger partial charge >= 0.3 is 0 Å². The molecule has 0 N–H and O–H groups in total. The summed E-state index contributed by atoms with van der Waals surface area (Å²) in [6.45, 7) is 0. The Balaban J connectivity index is 0.000000127. The van der Waals surface area contributed by atoms with E-state index in [9.17, 15) is 0 Å². The second kappa shape index (κ2) is 18.7. The minimum Gasteiger partial charge on any atom is -0.277 e. The number of hydrogen-bond donors (Lipinski definition) is 0. The lowest BCUT2D eigenvalue weighted by atomic mass is 9.96. The SMILES string of the molecule is Clc1nc(-c2ccccc2)nc(-n2c3ccccc3c3cccc(-c4ccccc4)c32)n1.Clc1nc(Cl)nc(-c2ccccc2)n1.c1ccc(-c2cccc3c2Cc2ccccc2-3)cc1. The second-order valence-corrected chi connectivity index (χ2v) is 16.1. The molecule has 0 radical (unpaired) electrons. The molecule has 7 nitrogen and oxygen atoms in total. The summed E-state index contributed by atoms with van der Waals surface area (Å²) in [4.78, 5) is 25.4. The summed E-state index contributed by atoms with van der Waals surface area (Å²) >= 11 is 17.7. The van der Waals surface area contributed by atoms with E-state index < -0.39 is 0 Å². The van der Waals surface area contributed by atoms with Crippen molar-refractivity contribution in [3.8, 4) is 62.1 Å². The molecule has 0 amide bonds. The molecule has 312 valence electrons. The maximum absolute atomic E-state index is 6.40. The Hall–Kier alpha value is -7.55. The fourth-order valence-corrected chi connectivity index (χ4v) is 8.84. The molecule has 8 aromatic carbocycles. The van der Waals surface area contributed by atoms with Gasteiger partial charge < -0.3 is 0 Å². The fourth-order valence-electron chi connectivity index (χ4n) is 8.32. The van der Waals surface area contributed by atoms with Crippen LogP contribution >= 0.6 is 34.8 Å². The standard InChI is InChI=1S/C27H17ClN4.C19H14.C9H5Cl2N3/c28-26-29-25(19-12-5-2-6-13-19)30-27(31-26)32-23-17-8-7-14-21(23)22-16-9-15-20(24(22)32)18-10-3-1-4-11-18;1-2-7-14(8-3-1)16-11-6-12-18-17-10-5-4-9-15(17)13-19(16)18;10-8-12-7(13-9(11)14-8)6-4-2-1-3-5-6/h1-17H;1-12H,13H2;1-5H. The minimum absolute atomic E-state index is 0.101. The first-order valence-corrected chi connectivity index (χ1v) is 22.0. The molecule has 0 atom stereocenters. The van der Waals surface area contributed by atoms with E-state index in [2.05, 4.69) is 163 Å². The monoisotopic (exact) mass is 899 g/mol. The van der Waals surface area contributed by atoms with E-state index in [1.165, 1.54) is 33.4 Å². The molecule has 0 aliphatic heterocycles. The highest BCUT2D eigenvalue weighted by Gasteiger charge is 2.21. The van der Waals surface area contributed by atoms with Crippen molar-refractivity contribution in [2.45, 2.75) is 6.42 Å². The highest BCUT2D eigenvalue weighted by atomic mass is 35.5. The number of para-hydroxylation sites is 2. The summed E-state index contributed by atoms with van der Waals surface area (Å²) in [6.07, 6.45) is 1.05. The van der Waals surface area contributed by atoms with Gasteiger partial charge in [-0.3, -0.25) is 4.57 Å². The summed E-state index contributed by atoms with van der Waals surface area (Å²) in [5.41, 5.74) is 14.4. The summed E-state index contributed by atoms with van der Waals surface area (Å²) in [7, 11) is 0. The van der Waals surface area contributed by atoms with Crippen LogP contribution in [0.5, 0.6) is 0 Å². The molecule has 1 aliphatic rings. The van der Waals surface area contributed by atoms with Crippen LogP contribution < -0.4 is 0 Å². The van der Waals surface area contributed by atoms with E-state index in [0.29, 0.717) is 17.6 Å². The minimum atomic E-state index is 0.101. The predicted molar refractivity (Wildman–Crippen MR) is 265 cm³/mol. The van der Waals surface area contributed by atoms with Crippen molar-refractivity contribution in [2.75, 3.05) is 0 Å². The van der Waals surface area contributed by atoms with Crippen LogP contribution in [0.3, 0.4) is 0 Å². The predicted octanol–water partition coefficient (Wildman–Crippen LogP) is 14.7. The van der Waals surface area contributed by atoms with Gasteiger partial charge in [0, 0.05) is 27.5 Å². The van der Waals surface area contributed by atoms with Crippen molar-refractivity contribution in [1.29, 1.82) is 0 Å². The van der Waals surface area contributed by atoms with Crippen molar-refractivity contribution in [3.05, 3.63) is 233 Å². The van der Waals surface area contributed by atoms with Gasteiger partial charge in [0.15, 0.2) is 11.6 Å². The topological polar surface area (TPSA) is 82.3 Å². The average molecular weight is 901 g/mol. The third kappa shape index (κ3) is 8.73. The quantitative estimate of drug-likeness (QED) is 0.171. The number of benzene rings is 8. The van der Waals surface area contributed by atoms with Gasteiger partial charge in [0.05, 0.1) is 11.0 Å². The van der Waals surface area contributed by atoms with Crippen molar-refractivity contribution in [2.24, 2.45) is 0 Å². The zero-order valence-electron chi connectivity index (χ0n) is 34.6. The van der Waals surface area contributed by atoms with Crippen LogP contribution in [0, 0.1) is 0 Å². The molecule has 10 heteroatoms. The fraction of sp³-hybridized carbons (Fsp3) is 0.0182. The van der Waals surface area contributed by atoms with Crippen LogP contribution in [-0.2, 0) is 6.42 Å². The molecule has 3 heterocycles. The number of halogens is 3. The third-order valence-corrected chi connectivity index (χ3v) is 11.7. The zero-order chi connectivity index (χ0) is 44.1. The highest BCUT2D eigenvalue weighted by molar-refractivity contribution is 6.31. The van der Waals surface area contributed by atoms with E-state index >= 15 is 0 Å². The van der Waals surface area contributed by atoms with Crippen LogP contribution in [0.25, 0.3) is 83.9 Å². The van der Waals surface area contributed by atoms with Crippen molar-refractivity contribution >= 4 is 56.6 Å². The molecule has 0 bridgehead atoms. The van der Waals surface area contributed by atoms with Crippen molar-refractivity contribution in [1.82, 2.24) is 34.5 Å². The van der Waals surface area contributed by atoms with Crippen LogP contribution in [0.4, 0.5) is 0 Å². The first-order valence-electron chi connectivity index (χ1n) is 20.9. The zero-order valence-corrected chi connectivity index (χ0v) is 36.9. The summed E-state index contributed by atoms with van der Waals surface area (Å²) in [5, 5.41) is 2.64. The lowest BCUT2D eigenvalue weighted by Gasteiger charge is -2.11. The van der Waals surface area contributed by atoms with E-state index in [0.717, 1.165) is 50.5 Å². The highest BCUT2D eigenvalue weighted by Crippen LogP contribution is 2.41. The van der Waals surface area contributed by atoms with Gasteiger partial charge in [0.1, 0.15) is 0 Å². The van der Waals surface area contributed by atoms with Gasteiger partial charge in [0.2, 0.25) is 21.8 Å². The first kappa shape index (κ1) is 41.5. The summed E-state index contributed by atoms with van der Waals surface area (Å²) < 4.78 is 2.09. The first-order chi connectivity index (χ1) is 32.0. The molecular formula is C55H36Cl3N7. The Morgan fingerprint density at radius 2 is 0.785 bits per heavy atom. The lowest BCUT2D eigenvalue weighted by molar-refractivity contribution is 0.948. The maximum Gasteiger partial charge on any atom is 0.239 e. The number of hydrogen-bond acceptors (Lipinski definition) is 6. The second-order valence-electron chi connectivity index (χ2n) is 15.1. The van der Waals surface area contributed by atoms with Gasteiger partial charge in [-0.2, -0.15) is 29.9 Å². The molecule has 12 rings (SSSR count). The largest absolute Gasteiger partial charge is 0.277 e. The van der Waals surface area contributed by atoms with Crippen LogP contribution in [-0.4, -0.2) is 34.5 Å². The number of nitrogens with zero attached hydrogens (tertiary/aromatic N) is 7. The Morgan fingerprint density at radius 3 is 1.43 bits per heavy atom. The summed E-state index contributed by atoms with van der Waals surface area (Å²) in [5.74, 6) is 1.53. The molecule has 0 saturated carbocycles. The normalized spacial score (nSPS) is 11.2. The van der Waals surface area contributed by atoms with Gasteiger partial charge in [-0.25, -0.2) is 0 Å². The number of aromatic nitrogens is 7. The Morgan fingerprint density at radius 1 is 0.338 bits per heavy atom. The molecule has 0 spiro atoms. The Kier molecular flexibility index (Phi) is 11.9. The van der Waals surface area contributed by atoms with Gasteiger partial charge in [-0.1, -0.05) is 200 Å². The van der Waals surface area contributed by atoms with Crippen molar-refractivity contribution in [3.63, 3.8) is 0 Å². The summed E-state index contributed by atoms with van der Waals surface area (Å²) in [6, 6.07) is 70.3. The molecule has 0 fully saturated rings. The average Bonchev–Trinajstić information content (AvgIpc) is 3.91. The Labute approximate surface area is 390 Å². The molecule has 11 aromatic rings. The smallest absolute Gasteiger partial charge is 0.239 e. The number of rotatable bonds is 5. The van der Waals surface area contributed by atoms with Gasteiger partial charge in [0.25, 0.3) is 0 Å². The molecular weight excluding hydrogens is 865 g/mol. The van der Waals surface area contributed by atoms with Gasteiger partial charge in [-0.05, 0) is 86.2 Å². The lowest BCUT2D eigenvalue weighted by Crippen LogP contribution is -2.05. The van der Waals surface area contributed by atoms with Crippen molar-refractivity contribution < 1.29 is 0 Å². The molecule has 1 aliphatic carbocycles. The molecule has 65 heavy (non-hydrogen) atoms. The molecule has 0 unspecified atom stereocenters. The van der Waals surface area contributed by atoms with E-state index in [-0.39, 0.29) is 15.9 Å². The van der Waals surface area contributed by atoms with Crippen LogP contribution in [0.15, 0.2) is 206 Å². The van der Waals surface area contributed by atoms with Crippen LogP contribution in [0.2, 0.25) is 15.9 Å². The van der Waals surface area contributed by atoms with E-state index in [1.807, 2.05) is 72.8 Å². The van der Waals surface area contributed by atoms with Gasteiger partial charge in [-0.15, -0.1) is 0 Å². The van der Waals surface area contributed by atoms with E-state index in [4.69, 9.17) is 39.8 Å². The van der Waals surface area contributed by atoms with Crippen LogP contribution in [0.1, 0.15) is 11.1 Å². The van der Waals surface area contributed by atoms with E-state index in [1.54, 1.807) is 0 Å². The molecule has 3 aromatic heterocycles. The maximum atomic E-state index is 6.40.